The molecule has 1 atom stereocenters. The van der Waals surface area contributed by atoms with Gasteiger partial charge in [0.25, 0.3) is 0 Å². The number of anilines is 1. The van der Waals surface area contributed by atoms with E-state index in [1.54, 1.807) is 6.92 Å². The second-order valence-corrected chi connectivity index (χ2v) is 6.20. The molecule has 0 saturated carbocycles. The Balaban J connectivity index is 2.15. The van der Waals surface area contributed by atoms with E-state index in [4.69, 9.17) is 5.73 Å². The topological polar surface area (TPSA) is 55.1 Å². The molecule has 3 nitrogen and oxygen atoms in total. The maximum atomic E-state index is 11.5. The number of unbranched alkanes of at least 4 members (excludes halogenated alkanes) is 7. The molecule has 3 N–H and O–H groups in total. The van der Waals surface area contributed by atoms with Gasteiger partial charge in [-0.1, -0.05) is 64.0 Å². The van der Waals surface area contributed by atoms with Crippen molar-refractivity contribution >= 4 is 11.6 Å². The van der Waals surface area contributed by atoms with Gasteiger partial charge >= 0.3 is 0 Å². The molecule has 1 rings (SSSR count). The fourth-order valence-corrected chi connectivity index (χ4v) is 2.47. The summed E-state index contributed by atoms with van der Waals surface area (Å²) in [6.45, 7) is 3.94. The van der Waals surface area contributed by atoms with Gasteiger partial charge in [0.1, 0.15) is 0 Å². The normalized spacial score (nSPS) is 12.1. The van der Waals surface area contributed by atoms with Crippen LogP contribution in [0.2, 0.25) is 0 Å². The third-order valence-electron chi connectivity index (χ3n) is 3.95. The van der Waals surface area contributed by atoms with Crippen molar-refractivity contribution in [3.63, 3.8) is 0 Å². The summed E-state index contributed by atoms with van der Waals surface area (Å²) in [6.07, 6.45) is 11.9. The Morgan fingerprint density at radius 2 is 1.55 bits per heavy atom. The minimum atomic E-state index is -0.475. The lowest BCUT2D eigenvalue weighted by Crippen LogP contribution is -2.32. The number of rotatable bonds is 11. The van der Waals surface area contributed by atoms with Crippen LogP contribution >= 0.6 is 0 Å². The van der Waals surface area contributed by atoms with Crippen LogP contribution in [0.5, 0.6) is 0 Å². The average Bonchev–Trinajstić information content (AvgIpc) is 2.51. The molecule has 1 amide bonds. The lowest BCUT2D eigenvalue weighted by molar-refractivity contribution is -0.117. The highest BCUT2D eigenvalue weighted by Crippen LogP contribution is 2.14. The van der Waals surface area contributed by atoms with Crippen molar-refractivity contribution in [2.75, 3.05) is 5.32 Å². The molecule has 0 aliphatic carbocycles. The van der Waals surface area contributed by atoms with Gasteiger partial charge in [0.05, 0.1) is 6.04 Å². The predicted octanol–water partition coefficient (Wildman–Crippen LogP) is 4.66. The Kier molecular flexibility index (Phi) is 9.56. The Morgan fingerprint density at radius 3 is 2.09 bits per heavy atom. The second-order valence-electron chi connectivity index (χ2n) is 6.20. The maximum absolute atomic E-state index is 11.5. The summed E-state index contributed by atoms with van der Waals surface area (Å²) >= 11 is 0. The summed E-state index contributed by atoms with van der Waals surface area (Å²) in [6, 6.07) is 7.63. The number of nitrogens with two attached hydrogens (primary N) is 1. The number of amides is 1. The van der Waals surface area contributed by atoms with E-state index in [9.17, 15) is 4.79 Å². The first kappa shape index (κ1) is 18.7. The van der Waals surface area contributed by atoms with Crippen LogP contribution in [-0.4, -0.2) is 11.9 Å². The summed E-state index contributed by atoms with van der Waals surface area (Å²) in [5.41, 5.74) is 7.69. The molecule has 0 radical (unpaired) electrons. The zero-order chi connectivity index (χ0) is 16.2. The van der Waals surface area contributed by atoms with Gasteiger partial charge in [0.15, 0.2) is 0 Å². The SMILES string of the molecule is CCCCCCCCCCc1ccc(NC(=O)[C@@H](C)N)cc1. The fourth-order valence-electron chi connectivity index (χ4n) is 2.47. The number of nitrogens with one attached hydrogen (secondary N) is 1. The number of benzene rings is 1. The summed E-state index contributed by atoms with van der Waals surface area (Å²) in [4.78, 5) is 11.5. The average molecular weight is 304 g/mol. The molecule has 1 aromatic rings. The molecule has 0 fully saturated rings. The first-order chi connectivity index (χ1) is 10.6. The molecule has 0 heterocycles. The van der Waals surface area contributed by atoms with Crippen molar-refractivity contribution in [1.29, 1.82) is 0 Å². The standard InChI is InChI=1S/C19H32N2O/c1-3-4-5-6-7-8-9-10-11-17-12-14-18(15-13-17)21-19(22)16(2)20/h12-16H,3-11,20H2,1-2H3,(H,21,22)/t16-/m1/s1. The van der Waals surface area contributed by atoms with Crippen molar-refractivity contribution < 1.29 is 4.79 Å². The Morgan fingerprint density at radius 1 is 1.00 bits per heavy atom. The molecule has 0 aromatic heterocycles. The van der Waals surface area contributed by atoms with Crippen LogP contribution in [0.3, 0.4) is 0 Å². The zero-order valence-corrected chi connectivity index (χ0v) is 14.2. The van der Waals surface area contributed by atoms with Crippen molar-refractivity contribution in [1.82, 2.24) is 0 Å². The molecule has 0 aliphatic heterocycles. The summed E-state index contributed by atoms with van der Waals surface area (Å²) < 4.78 is 0. The first-order valence-electron chi connectivity index (χ1n) is 8.79. The van der Waals surface area contributed by atoms with Crippen LogP contribution in [0.1, 0.15) is 70.8 Å². The number of hydrogen-bond acceptors (Lipinski definition) is 2. The van der Waals surface area contributed by atoms with E-state index >= 15 is 0 Å². The van der Waals surface area contributed by atoms with E-state index in [2.05, 4.69) is 24.4 Å². The smallest absolute Gasteiger partial charge is 0.240 e. The Bertz CT molecular complexity index is 412. The van der Waals surface area contributed by atoms with Crippen molar-refractivity contribution in [3.05, 3.63) is 29.8 Å². The molecule has 0 bridgehead atoms. The molecule has 0 unspecified atom stereocenters. The molecule has 0 spiro atoms. The van der Waals surface area contributed by atoms with E-state index in [1.165, 1.54) is 56.9 Å². The molecule has 3 heteroatoms. The van der Waals surface area contributed by atoms with E-state index in [0.717, 1.165) is 12.1 Å². The van der Waals surface area contributed by atoms with Crippen molar-refractivity contribution in [2.45, 2.75) is 77.7 Å². The molecule has 124 valence electrons. The highest BCUT2D eigenvalue weighted by molar-refractivity contribution is 5.94. The number of carbonyl (C=O) groups excluding carboxylic acids is 1. The third kappa shape index (κ3) is 8.18. The largest absolute Gasteiger partial charge is 0.325 e. The van der Waals surface area contributed by atoms with Crippen molar-refractivity contribution in [2.24, 2.45) is 5.73 Å². The lowest BCUT2D eigenvalue weighted by atomic mass is 10.0. The first-order valence-corrected chi connectivity index (χ1v) is 8.79. The maximum Gasteiger partial charge on any atom is 0.240 e. The zero-order valence-electron chi connectivity index (χ0n) is 14.2. The number of hydrogen-bond donors (Lipinski definition) is 2. The quantitative estimate of drug-likeness (QED) is 0.584. The molecule has 22 heavy (non-hydrogen) atoms. The van der Waals surface area contributed by atoms with Gasteiger partial charge in [-0.3, -0.25) is 4.79 Å². The minimum Gasteiger partial charge on any atom is -0.325 e. The highest BCUT2D eigenvalue weighted by Gasteiger charge is 2.06. The molecular weight excluding hydrogens is 272 g/mol. The van der Waals surface area contributed by atoms with Gasteiger partial charge in [0.2, 0.25) is 5.91 Å². The minimum absolute atomic E-state index is 0.143. The lowest BCUT2D eigenvalue weighted by Gasteiger charge is -2.08. The Labute approximate surface area is 135 Å². The molecule has 1 aromatic carbocycles. The third-order valence-corrected chi connectivity index (χ3v) is 3.95. The van der Waals surface area contributed by atoms with Gasteiger partial charge in [-0.05, 0) is 37.5 Å². The van der Waals surface area contributed by atoms with Crippen LogP contribution in [0.4, 0.5) is 5.69 Å². The Hall–Kier alpha value is -1.35. The molecule has 0 aliphatic rings. The summed E-state index contributed by atoms with van der Waals surface area (Å²) in [5, 5.41) is 2.81. The van der Waals surface area contributed by atoms with Crippen LogP contribution in [0.25, 0.3) is 0 Å². The monoisotopic (exact) mass is 304 g/mol. The predicted molar refractivity (Wildman–Crippen MR) is 95.0 cm³/mol. The van der Waals surface area contributed by atoms with Crippen LogP contribution in [-0.2, 0) is 11.2 Å². The number of carbonyl (C=O) groups is 1. The van der Waals surface area contributed by atoms with E-state index in [0.29, 0.717) is 0 Å². The van der Waals surface area contributed by atoms with Crippen molar-refractivity contribution in [3.8, 4) is 0 Å². The summed E-state index contributed by atoms with van der Waals surface area (Å²) in [5.74, 6) is -0.143. The van der Waals surface area contributed by atoms with Gasteiger partial charge in [-0.2, -0.15) is 0 Å². The van der Waals surface area contributed by atoms with Gasteiger partial charge in [-0.25, -0.2) is 0 Å². The number of aryl methyl sites for hydroxylation is 1. The highest BCUT2D eigenvalue weighted by atomic mass is 16.2. The molecular formula is C19H32N2O. The van der Waals surface area contributed by atoms with E-state index < -0.39 is 6.04 Å². The fraction of sp³-hybridized carbons (Fsp3) is 0.632. The summed E-state index contributed by atoms with van der Waals surface area (Å²) in [7, 11) is 0. The van der Waals surface area contributed by atoms with Crippen LogP contribution in [0, 0.1) is 0 Å². The second kappa shape index (κ2) is 11.2. The van der Waals surface area contributed by atoms with Gasteiger partial charge < -0.3 is 11.1 Å². The molecule has 0 saturated heterocycles. The van der Waals surface area contributed by atoms with Crippen LogP contribution < -0.4 is 11.1 Å². The van der Waals surface area contributed by atoms with Gasteiger partial charge in [0, 0.05) is 5.69 Å². The van der Waals surface area contributed by atoms with Crippen LogP contribution in [0.15, 0.2) is 24.3 Å². The van der Waals surface area contributed by atoms with Gasteiger partial charge in [-0.15, -0.1) is 0 Å². The van der Waals surface area contributed by atoms with E-state index in [-0.39, 0.29) is 5.91 Å². The van der Waals surface area contributed by atoms with E-state index in [1.807, 2.05) is 12.1 Å².